The predicted octanol–water partition coefficient (Wildman–Crippen LogP) is -0.589. The van der Waals surface area contributed by atoms with Gasteiger partial charge in [0.1, 0.15) is 0 Å². The van der Waals surface area contributed by atoms with Crippen LogP contribution >= 0.6 is 0 Å². The average Bonchev–Trinajstić information content (AvgIpc) is 2.03. The van der Waals surface area contributed by atoms with Crippen molar-refractivity contribution in [3.05, 3.63) is 34.4 Å². The van der Waals surface area contributed by atoms with E-state index in [4.69, 9.17) is 8.19 Å². The molecule has 0 aromatic carbocycles. The SMILES string of the molecule is O=[N+]([O-])C1([As](=O)(O)O)C=CC=CC1. The first-order valence-corrected chi connectivity index (χ1v) is 6.83. The molecule has 0 aliphatic heterocycles. The molecule has 72 valence electrons. The maximum atomic E-state index is 11.0. The Morgan fingerprint density at radius 2 is 2.08 bits per heavy atom. The average molecular weight is 249 g/mol. The Morgan fingerprint density at radius 1 is 1.46 bits per heavy atom. The molecule has 0 aromatic heterocycles. The molecule has 13 heavy (non-hydrogen) atoms. The van der Waals surface area contributed by atoms with E-state index in [0.29, 0.717) is 0 Å². The second-order valence-electron chi connectivity index (χ2n) is 2.67. The van der Waals surface area contributed by atoms with E-state index in [0.717, 1.165) is 6.08 Å². The Bertz CT molecular complexity index is 330. The third-order valence-electron chi connectivity index (χ3n) is 1.85. The second-order valence-corrected chi connectivity index (χ2v) is 6.58. The summed E-state index contributed by atoms with van der Waals surface area (Å²) in [4.78, 5) is 9.66. The van der Waals surface area contributed by atoms with Crippen molar-refractivity contribution in [1.29, 1.82) is 0 Å². The van der Waals surface area contributed by atoms with Crippen molar-refractivity contribution in [2.45, 2.75) is 10.7 Å². The molecule has 0 spiro atoms. The van der Waals surface area contributed by atoms with Crippen molar-refractivity contribution in [3.8, 4) is 0 Å². The molecule has 1 rings (SSSR count). The maximum absolute atomic E-state index is 11.0. The Labute approximate surface area is 76.7 Å². The summed E-state index contributed by atoms with van der Waals surface area (Å²) in [5.74, 6) is 0. The van der Waals surface area contributed by atoms with Crippen LogP contribution in [0.15, 0.2) is 24.3 Å². The number of hydrogen-bond donors (Lipinski definition) is 2. The number of allylic oxidation sites excluding steroid dienone is 2. The van der Waals surface area contributed by atoms with Gasteiger partial charge < -0.3 is 0 Å². The summed E-state index contributed by atoms with van der Waals surface area (Å²) in [6, 6.07) is 0. The Hall–Kier alpha value is -0.842. The van der Waals surface area contributed by atoms with Crippen LogP contribution in [0.4, 0.5) is 0 Å². The van der Waals surface area contributed by atoms with Gasteiger partial charge >= 0.3 is 76.2 Å². The normalized spacial score (nSPS) is 27.5. The molecule has 1 aliphatic rings. The molecular weight excluding hydrogens is 241 g/mol. The topological polar surface area (TPSA) is 101 Å². The molecule has 0 aromatic rings. The van der Waals surface area contributed by atoms with Gasteiger partial charge in [0.05, 0.1) is 0 Å². The Balaban J connectivity index is 3.18. The standard InChI is InChI=1S/C6H8AsNO5/c9-7(10,11)6(8(12)13)4-2-1-3-5-6/h1-4H,5H2,(H2,9,10,11). The molecule has 6 nitrogen and oxygen atoms in total. The molecule has 0 fully saturated rings. The summed E-state index contributed by atoms with van der Waals surface area (Å²) in [6.07, 6.45) is 4.90. The predicted molar refractivity (Wildman–Crippen MR) is 43.5 cm³/mol. The van der Waals surface area contributed by atoms with Crippen LogP contribution in [0.2, 0.25) is 0 Å². The molecule has 0 bridgehead atoms. The third kappa shape index (κ3) is 1.60. The molecule has 1 aliphatic carbocycles. The summed E-state index contributed by atoms with van der Waals surface area (Å²) in [5, 5.41) is 10.6. The Kier molecular flexibility index (Phi) is 2.47. The first kappa shape index (κ1) is 10.2. The fourth-order valence-electron chi connectivity index (χ4n) is 1.06. The number of hydrogen-bond acceptors (Lipinski definition) is 3. The molecule has 2 N–H and O–H groups in total. The summed E-state index contributed by atoms with van der Waals surface area (Å²) in [7, 11) is 0. The molecule has 1 unspecified atom stereocenters. The van der Waals surface area contributed by atoms with Crippen LogP contribution in [0.25, 0.3) is 0 Å². The van der Waals surface area contributed by atoms with E-state index in [1.54, 1.807) is 0 Å². The molecule has 0 saturated heterocycles. The van der Waals surface area contributed by atoms with E-state index < -0.39 is 23.4 Å². The van der Waals surface area contributed by atoms with Gasteiger partial charge in [-0.15, -0.1) is 0 Å². The second kappa shape index (κ2) is 3.14. The minimum absolute atomic E-state index is 0.250. The molecule has 7 heteroatoms. The molecule has 0 heterocycles. The van der Waals surface area contributed by atoms with Crippen LogP contribution in [0.1, 0.15) is 6.42 Å². The summed E-state index contributed by atoms with van der Waals surface area (Å²) in [6.45, 7) is 0. The van der Waals surface area contributed by atoms with E-state index in [2.05, 4.69) is 0 Å². The number of rotatable bonds is 2. The van der Waals surface area contributed by atoms with Gasteiger partial charge in [-0.1, -0.05) is 0 Å². The zero-order valence-electron chi connectivity index (χ0n) is 6.53. The van der Waals surface area contributed by atoms with E-state index in [1.807, 2.05) is 0 Å². The third-order valence-corrected chi connectivity index (χ3v) is 5.00. The van der Waals surface area contributed by atoms with Crippen LogP contribution in [-0.4, -0.2) is 31.6 Å². The van der Waals surface area contributed by atoms with E-state index >= 15 is 0 Å². The van der Waals surface area contributed by atoms with Gasteiger partial charge in [0.25, 0.3) is 0 Å². The first-order valence-electron chi connectivity index (χ1n) is 3.45. The molecule has 0 saturated carbocycles. The van der Waals surface area contributed by atoms with Crippen LogP contribution < -0.4 is 0 Å². The van der Waals surface area contributed by atoms with Gasteiger partial charge in [0.15, 0.2) is 0 Å². The van der Waals surface area contributed by atoms with Crippen LogP contribution in [0.5, 0.6) is 0 Å². The van der Waals surface area contributed by atoms with Crippen LogP contribution in [0.3, 0.4) is 0 Å². The molecule has 0 radical (unpaired) electrons. The fraction of sp³-hybridized carbons (Fsp3) is 0.333. The Morgan fingerprint density at radius 3 is 2.31 bits per heavy atom. The van der Waals surface area contributed by atoms with Crippen molar-refractivity contribution in [2.75, 3.05) is 0 Å². The first-order chi connectivity index (χ1) is 5.90. The number of nitrogens with zero attached hydrogens (tertiary/aromatic N) is 1. The van der Waals surface area contributed by atoms with Crippen molar-refractivity contribution in [2.24, 2.45) is 0 Å². The zero-order chi connectivity index (χ0) is 10.1. The van der Waals surface area contributed by atoms with Crippen LogP contribution in [0, 0.1) is 10.1 Å². The molecule has 1 atom stereocenters. The van der Waals surface area contributed by atoms with Crippen molar-refractivity contribution >= 4 is 14.2 Å². The van der Waals surface area contributed by atoms with Gasteiger partial charge in [-0.3, -0.25) is 0 Å². The van der Waals surface area contributed by atoms with Gasteiger partial charge in [0.2, 0.25) is 0 Å². The van der Waals surface area contributed by atoms with Crippen molar-refractivity contribution in [3.63, 3.8) is 0 Å². The number of nitro groups is 1. The van der Waals surface area contributed by atoms with Crippen molar-refractivity contribution in [1.82, 2.24) is 0 Å². The van der Waals surface area contributed by atoms with Gasteiger partial charge in [-0.2, -0.15) is 0 Å². The van der Waals surface area contributed by atoms with Gasteiger partial charge in [-0.05, 0) is 0 Å². The monoisotopic (exact) mass is 249 g/mol. The summed E-state index contributed by atoms with van der Waals surface area (Å²) in [5.41, 5.74) is 0. The summed E-state index contributed by atoms with van der Waals surface area (Å²) >= 11 is -5.40. The minimum atomic E-state index is -5.40. The molecular formula is C6H8AsNO5. The van der Waals surface area contributed by atoms with E-state index in [-0.39, 0.29) is 6.42 Å². The van der Waals surface area contributed by atoms with E-state index in [9.17, 15) is 13.9 Å². The fourth-order valence-corrected chi connectivity index (χ4v) is 2.81. The quantitative estimate of drug-likeness (QED) is 0.387. The molecule has 0 amide bonds. The van der Waals surface area contributed by atoms with Gasteiger partial charge in [-0.25, -0.2) is 0 Å². The van der Waals surface area contributed by atoms with Crippen LogP contribution in [-0.2, 0) is 3.74 Å². The van der Waals surface area contributed by atoms with E-state index in [1.165, 1.54) is 18.2 Å². The van der Waals surface area contributed by atoms with Crippen molar-refractivity contribution < 1.29 is 16.9 Å². The summed E-state index contributed by atoms with van der Waals surface area (Å²) < 4.78 is 26.6. The zero-order valence-corrected chi connectivity index (χ0v) is 8.41. The van der Waals surface area contributed by atoms with Gasteiger partial charge in [0, 0.05) is 0 Å².